The molecule has 0 saturated carbocycles. The third-order valence-corrected chi connectivity index (χ3v) is 7.52. The summed E-state index contributed by atoms with van der Waals surface area (Å²) in [7, 11) is 2.19. The molecule has 5 N–H and O–H groups in total. The highest BCUT2D eigenvalue weighted by atomic mass is 16.3. The van der Waals surface area contributed by atoms with Crippen LogP contribution < -0.4 is 16.4 Å². The van der Waals surface area contributed by atoms with E-state index in [0.717, 1.165) is 54.5 Å². The molecule has 1 unspecified atom stereocenters. The van der Waals surface area contributed by atoms with Crippen LogP contribution in [0.15, 0.2) is 36.7 Å². The molecule has 4 heterocycles. The van der Waals surface area contributed by atoms with Gasteiger partial charge in [0, 0.05) is 36.8 Å². The number of benzene rings is 1. The van der Waals surface area contributed by atoms with E-state index in [2.05, 4.69) is 62.8 Å². The fourth-order valence-corrected chi connectivity index (χ4v) is 5.42. The van der Waals surface area contributed by atoms with Gasteiger partial charge in [0.1, 0.15) is 11.0 Å². The molecule has 0 aliphatic carbocycles. The zero-order valence-corrected chi connectivity index (χ0v) is 22.4. The van der Waals surface area contributed by atoms with Gasteiger partial charge in [-0.2, -0.15) is 10.1 Å². The normalized spacial score (nSPS) is 15.9. The fourth-order valence-electron chi connectivity index (χ4n) is 5.42. The number of anilines is 2. The first-order valence-electron chi connectivity index (χ1n) is 13.7. The number of piperidine rings is 1. The van der Waals surface area contributed by atoms with Crippen molar-refractivity contribution in [1.82, 2.24) is 34.9 Å². The number of aliphatic hydroxyl groups is 1. The lowest BCUT2D eigenvalue weighted by atomic mass is 10.0. The largest absolute Gasteiger partial charge is 0.396 e. The van der Waals surface area contributed by atoms with Crippen LogP contribution in [0.25, 0.3) is 21.9 Å². The topological polar surface area (TPSA) is 130 Å². The van der Waals surface area contributed by atoms with Gasteiger partial charge >= 0.3 is 0 Å². The molecule has 1 aliphatic heterocycles. The third-order valence-electron chi connectivity index (χ3n) is 7.52. The fraction of sp³-hybridized carbons (Fsp3) is 0.500. The summed E-state index contributed by atoms with van der Waals surface area (Å²) in [4.78, 5) is 16.1. The van der Waals surface area contributed by atoms with E-state index in [0.29, 0.717) is 30.3 Å². The van der Waals surface area contributed by atoms with Crippen molar-refractivity contribution in [2.45, 2.75) is 64.2 Å². The Labute approximate surface area is 223 Å². The van der Waals surface area contributed by atoms with E-state index in [1.807, 2.05) is 16.9 Å². The number of pyridine rings is 1. The van der Waals surface area contributed by atoms with Crippen molar-refractivity contribution in [3.05, 3.63) is 47.8 Å². The Morgan fingerprint density at radius 2 is 1.95 bits per heavy atom. The second-order valence-corrected chi connectivity index (χ2v) is 10.4. The smallest absolute Gasteiger partial charge is 0.222 e. The second-order valence-electron chi connectivity index (χ2n) is 10.4. The van der Waals surface area contributed by atoms with Gasteiger partial charge in [-0.3, -0.25) is 9.67 Å². The molecule has 38 heavy (non-hydrogen) atoms. The molecule has 1 saturated heterocycles. The molecule has 0 spiro atoms. The van der Waals surface area contributed by atoms with Crippen molar-refractivity contribution in [3.63, 3.8) is 0 Å². The number of nitrogens with two attached hydrogens (primary N) is 1. The molecule has 0 bridgehead atoms. The van der Waals surface area contributed by atoms with Crippen molar-refractivity contribution < 1.29 is 5.11 Å². The average molecular weight is 518 g/mol. The lowest BCUT2D eigenvalue weighted by Gasteiger charge is -2.29. The number of hydrogen-bond donors (Lipinski definition) is 4. The predicted molar refractivity (Wildman–Crippen MR) is 152 cm³/mol. The zero-order chi connectivity index (χ0) is 26.5. The van der Waals surface area contributed by atoms with Crippen molar-refractivity contribution in [1.29, 1.82) is 0 Å². The number of nitrogens with zero attached hydrogens (tertiary/aromatic N) is 6. The quantitative estimate of drug-likeness (QED) is 0.237. The van der Waals surface area contributed by atoms with Crippen LogP contribution in [-0.2, 0) is 13.1 Å². The standard InChI is InChI=1S/C28H39N9O/c1-3-5-22(11-15-38)33-27-26-24(34-28(29)35-27)17-32-37(26)18-20-8-7-19(23-6-4-12-30-25(20)23)16-31-21-9-13-36(2)14-10-21/h4,6-8,12,17,21-22,31,38H,3,5,9-11,13-16,18H2,1-2H3,(H3,29,33,34,35). The molecule has 1 aliphatic rings. The Morgan fingerprint density at radius 3 is 2.74 bits per heavy atom. The molecule has 10 heteroatoms. The maximum atomic E-state index is 9.54. The van der Waals surface area contributed by atoms with E-state index < -0.39 is 0 Å². The van der Waals surface area contributed by atoms with Crippen molar-refractivity contribution in [2.24, 2.45) is 0 Å². The van der Waals surface area contributed by atoms with E-state index >= 15 is 0 Å². The number of hydrogen-bond acceptors (Lipinski definition) is 9. The van der Waals surface area contributed by atoms with Gasteiger partial charge in [-0.15, -0.1) is 0 Å². The van der Waals surface area contributed by atoms with Gasteiger partial charge < -0.3 is 26.4 Å². The minimum absolute atomic E-state index is 0.0877. The first-order chi connectivity index (χ1) is 18.6. The Kier molecular flexibility index (Phi) is 8.31. The highest BCUT2D eigenvalue weighted by Gasteiger charge is 2.19. The number of rotatable bonds is 11. The molecule has 0 radical (unpaired) electrons. The van der Waals surface area contributed by atoms with Crippen LogP contribution in [0.5, 0.6) is 0 Å². The summed E-state index contributed by atoms with van der Waals surface area (Å²) in [5, 5.41) is 22.6. The lowest BCUT2D eigenvalue weighted by molar-refractivity contribution is 0.234. The number of nitrogens with one attached hydrogen (secondary N) is 2. The summed E-state index contributed by atoms with van der Waals surface area (Å²) in [5.74, 6) is 0.848. The summed E-state index contributed by atoms with van der Waals surface area (Å²) < 4.78 is 1.92. The van der Waals surface area contributed by atoms with E-state index in [1.54, 1.807) is 6.20 Å². The van der Waals surface area contributed by atoms with E-state index in [9.17, 15) is 5.11 Å². The molecule has 10 nitrogen and oxygen atoms in total. The number of aromatic nitrogens is 5. The minimum atomic E-state index is 0.0877. The first kappa shape index (κ1) is 26.3. The first-order valence-corrected chi connectivity index (χ1v) is 13.7. The highest BCUT2D eigenvalue weighted by molar-refractivity contribution is 5.88. The SMILES string of the molecule is CCCC(CCO)Nc1nc(N)nc2cnn(Cc3ccc(CNC4CCN(C)CC4)c4cccnc34)c12. The lowest BCUT2D eigenvalue weighted by Crippen LogP contribution is -2.40. The molecule has 5 rings (SSSR count). The van der Waals surface area contributed by atoms with E-state index in [-0.39, 0.29) is 18.6 Å². The van der Waals surface area contributed by atoms with E-state index in [4.69, 9.17) is 10.7 Å². The Bertz CT molecular complexity index is 1360. The molecule has 3 aromatic heterocycles. The number of fused-ring (bicyclic) bond motifs is 2. The maximum absolute atomic E-state index is 9.54. The molecular weight excluding hydrogens is 478 g/mol. The Morgan fingerprint density at radius 1 is 1.13 bits per heavy atom. The Hall–Kier alpha value is -3.34. The average Bonchev–Trinajstić information content (AvgIpc) is 3.32. The summed E-state index contributed by atoms with van der Waals surface area (Å²) in [6.45, 7) is 5.87. The molecule has 202 valence electrons. The van der Waals surface area contributed by atoms with E-state index in [1.165, 1.54) is 18.4 Å². The van der Waals surface area contributed by atoms with Crippen LogP contribution in [0.3, 0.4) is 0 Å². The molecule has 0 amide bonds. The highest BCUT2D eigenvalue weighted by Crippen LogP contribution is 2.27. The molecule has 1 fully saturated rings. The molecule has 1 atom stereocenters. The number of nitrogen functional groups attached to an aromatic ring is 1. The van der Waals surface area contributed by atoms with Gasteiger partial charge in [0.25, 0.3) is 0 Å². The van der Waals surface area contributed by atoms with Crippen molar-refractivity contribution in [3.8, 4) is 0 Å². The second kappa shape index (κ2) is 12.0. The van der Waals surface area contributed by atoms with Crippen LogP contribution in [0.2, 0.25) is 0 Å². The number of likely N-dealkylation sites (tertiary alicyclic amines) is 1. The Balaban J connectivity index is 1.42. The van der Waals surface area contributed by atoms with Gasteiger partial charge in [-0.05, 0) is 63.0 Å². The van der Waals surface area contributed by atoms with Gasteiger partial charge in [0.15, 0.2) is 5.82 Å². The van der Waals surface area contributed by atoms with Crippen LogP contribution >= 0.6 is 0 Å². The predicted octanol–water partition coefficient (Wildman–Crippen LogP) is 3.15. The molecular formula is C28H39N9O. The van der Waals surface area contributed by atoms with Crippen LogP contribution in [-0.4, -0.2) is 73.6 Å². The van der Waals surface area contributed by atoms with Crippen molar-refractivity contribution in [2.75, 3.05) is 37.8 Å². The molecule has 4 aromatic rings. The summed E-state index contributed by atoms with van der Waals surface area (Å²) >= 11 is 0. The summed E-state index contributed by atoms with van der Waals surface area (Å²) in [6, 6.07) is 9.16. The van der Waals surface area contributed by atoms with Crippen LogP contribution in [0.4, 0.5) is 11.8 Å². The number of aliphatic hydroxyl groups excluding tert-OH is 1. The van der Waals surface area contributed by atoms with Gasteiger partial charge in [-0.1, -0.05) is 31.5 Å². The summed E-state index contributed by atoms with van der Waals surface area (Å²) in [6.07, 6.45) is 8.49. The van der Waals surface area contributed by atoms with Crippen LogP contribution in [0.1, 0.15) is 50.2 Å². The van der Waals surface area contributed by atoms with Gasteiger partial charge in [0.2, 0.25) is 5.95 Å². The zero-order valence-electron chi connectivity index (χ0n) is 22.4. The monoisotopic (exact) mass is 517 g/mol. The van der Waals surface area contributed by atoms with Crippen molar-refractivity contribution >= 4 is 33.7 Å². The molecule has 1 aromatic carbocycles. The third kappa shape index (κ3) is 5.87. The minimum Gasteiger partial charge on any atom is -0.396 e. The van der Waals surface area contributed by atoms with Gasteiger partial charge in [0.05, 0.1) is 18.3 Å². The van der Waals surface area contributed by atoms with Gasteiger partial charge in [-0.25, -0.2) is 4.98 Å². The van der Waals surface area contributed by atoms with Crippen LogP contribution in [0, 0.1) is 0 Å². The summed E-state index contributed by atoms with van der Waals surface area (Å²) in [5.41, 5.74) is 10.8. The maximum Gasteiger partial charge on any atom is 0.222 e.